The average molecular weight is 934 g/mol. The van der Waals surface area contributed by atoms with Crippen molar-refractivity contribution in [1.29, 1.82) is 0 Å². The van der Waals surface area contributed by atoms with E-state index in [4.69, 9.17) is 0 Å². The monoisotopic (exact) mass is 932 g/mol. The average Bonchev–Trinajstić information content (AvgIpc) is 3.08. The minimum Gasteiger partial charge on any atom is -0.505 e. The van der Waals surface area contributed by atoms with Crippen LogP contribution < -0.4 is 0 Å². The summed E-state index contributed by atoms with van der Waals surface area (Å²) in [6, 6.07) is 16.6. The van der Waals surface area contributed by atoms with Crippen molar-refractivity contribution in [2.24, 2.45) is 0 Å². The molecule has 48 heavy (non-hydrogen) atoms. The van der Waals surface area contributed by atoms with E-state index in [0.717, 1.165) is 59.9 Å². The second-order valence-corrected chi connectivity index (χ2v) is 33.1. The molecule has 0 aliphatic carbocycles. The highest BCUT2D eigenvalue weighted by Crippen LogP contribution is 2.44. The van der Waals surface area contributed by atoms with Gasteiger partial charge in [0, 0.05) is 11.8 Å². The Kier molecular flexibility index (Phi) is 12.1. The Morgan fingerprint density at radius 2 is 0.458 bits per heavy atom. The van der Waals surface area contributed by atoms with Crippen LogP contribution in [0.1, 0.15) is 47.9 Å². The van der Waals surface area contributed by atoms with E-state index in [1.807, 2.05) is 0 Å². The fourth-order valence-electron chi connectivity index (χ4n) is 4.71. The fourth-order valence-corrected chi connectivity index (χ4v) is 27.5. The van der Waals surface area contributed by atoms with Crippen LogP contribution in [0.3, 0.4) is 0 Å². The molecule has 0 spiro atoms. The van der Waals surface area contributed by atoms with Crippen LogP contribution in [0.2, 0.25) is 0 Å². The molecule has 4 aliphatic rings. The van der Waals surface area contributed by atoms with Gasteiger partial charge in [0.1, 0.15) is 0 Å². The molecule has 4 aliphatic heterocycles. The molecule has 0 radical (unpaired) electrons. The molecule has 2 aromatic heterocycles. The van der Waals surface area contributed by atoms with Crippen LogP contribution in [-0.4, -0.2) is 20.4 Å². The van der Waals surface area contributed by atoms with E-state index < -0.39 is 0 Å². The van der Waals surface area contributed by atoms with Gasteiger partial charge in [-0.3, -0.25) is 0 Å². The van der Waals surface area contributed by atoms with Crippen molar-refractivity contribution in [3.8, 4) is 23.0 Å². The summed E-state index contributed by atoms with van der Waals surface area (Å²) in [7, 11) is 24.6. The van der Waals surface area contributed by atoms with Crippen molar-refractivity contribution in [1.82, 2.24) is 0 Å². The van der Waals surface area contributed by atoms with Crippen molar-refractivity contribution in [3.63, 3.8) is 0 Å². The first-order chi connectivity index (χ1) is 23.3. The Morgan fingerprint density at radius 1 is 0.312 bits per heavy atom. The van der Waals surface area contributed by atoms with Gasteiger partial charge in [0.2, 0.25) is 0 Å². The first kappa shape index (κ1) is 36.0. The van der Waals surface area contributed by atoms with Gasteiger partial charge in [0.05, 0.1) is 37.6 Å². The highest BCUT2D eigenvalue weighted by Gasteiger charge is 2.17. The van der Waals surface area contributed by atoms with E-state index in [9.17, 15) is 20.4 Å². The molecule has 4 nitrogen and oxygen atoms in total. The van der Waals surface area contributed by atoms with Crippen LogP contribution in [0, 0.1) is 0 Å². The van der Waals surface area contributed by atoms with Gasteiger partial charge in [0.15, 0.2) is 23.0 Å². The molecule has 252 valence electrons. The first-order valence-electron chi connectivity index (χ1n) is 13.5. The lowest BCUT2D eigenvalue weighted by molar-refractivity contribution is 0.488. The van der Waals surface area contributed by atoms with Gasteiger partial charge in [-0.1, -0.05) is 96.6 Å². The summed E-state index contributed by atoms with van der Waals surface area (Å²) in [5.74, 6) is 1.09. The number of hydrogen-bond acceptors (Lipinski definition) is 20. The van der Waals surface area contributed by atoms with Crippen molar-refractivity contribution < 1.29 is 20.4 Å². The Labute approximate surface area is 330 Å². The highest BCUT2D eigenvalue weighted by atomic mass is 33.4. The van der Waals surface area contributed by atoms with Gasteiger partial charge in [-0.25, -0.2) is 0 Å². The van der Waals surface area contributed by atoms with E-state index >= 15 is 0 Å². The molecule has 4 aromatic carbocycles. The van der Waals surface area contributed by atoms with E-state index in [-0.39, 0.29) is 34.8 Å². The van der Waals surface area contributed by atoms with Crippen LogP contribution in [0.5, 0.6) is 23.0 Å². The third kappa shape index (κ3) is 7.83. The van der Waals surface area contributed by atoms with E-state index in [1.54, 1.807) is 74.8 Å². The number of phenolic OH excluding ortho intramolecular Hbond substituents is 4. The molecular weight excluding hydrogens is 913 g/mol. The zero-order valence-corrected chi connectivity index (χ0v) is 37.2. The highest BCUT2D eigenvalue weighted by molar-refractivity contribution is 8.09. The lowest BCUT2D eigenvalue weighted by Crippen LogP contribution is -1.96. The third-order valence-electron chi connectivity index (χ3n) is 7.35. The quantitative estimate of drug-likeness (QED) is 0.114. The minimum atomic E-state index is -0.00956. The van der Waals surface area contributed by atoms with Crippen molar-refractivity contribution in [2.75, 3.05) is 0 Å². The molecule has 0 saturated heterocycles. The molecule has 6 heterocycles. The van der Waals surface area contributed by atoms with E-state index in [1.165, 1.54) is 82.7 Å². The van der Waals surface area contributed by atoms with E-state index in [2.05, 4.69) is 62.4 Å². The molecule has 0 unspecified atom stereocenters. The molecule has 20 heteroatoms. The topological polar surface area (TPSA) is 80.9 Å². The summed E-state index contributed by atoms with van der Waals surface area (Å²) in [6.45, 7) is 4.34. The van der Waals surface area contributed by atoms with Gasteiger partial charge < -0.3 is 20.4 Å². The van der Waals surface area contributed by atoms with Crippen LogP contribution in [0.4, 0.5) is 0 Å². The molecule has 0 amide bonds. The van der Waals surface area contributed by atoms with Crippen LogP contribution in [-0.2, 0) is 0 Å². The summed E-state index contributed by atoms with van der Waals surface area (Å²) in [4.78, 5) is 0. The van der Waals surface area contributed by atoms with Crippen LogP contribution in [0.25, 0.3) is 37.6 Å². The lowest BCUT2D eigenvalue weighted by atomic mass is 9.93. The van der Waals surface area contributed by atoms with Gasteiger partial charge in [-0.05, 0) is 146 Å². The number of phenols is 4. The predicted molar refractivity (Wildman–Crippen MR) is 234 cm³/mol. The first-order valence-corrected chi connectivity index (χ1v) is 32.7. The maximum atomic E-state index is 11.3. The normalized spacial score (nSPS) is 14.8. The van der Waals surface area contributed by atoms with Crippen LogP contribution >= 0.6 is 157 Å². The Bertz CT molecular complexity index is 2000. The van der Waals surface area contributed by atoms with Crippen LogP contribution in [0.15, 0.2) is 48.5 Å². The second kappa shape index (κ2) is 16.1. The van der Waals surface area contributed by atoms with E-state index in [0.29, 0.717) is 0 Å². The number of benzene rings is 4. The van der Waals surface area contributed by atoms with Crippen molar-refractivity contribution >= 4 is 195 Å². The molecule has 4 N–H and O–H groups in total. The summed E-state index contributed by atoms with van der Waals surface area (Å²) >= 11 is 0. The maximum absolute atomic E-state index is 11.3. The molecule has 6 aromatic rings. The lowest BCUT2D eigenvalue weighted by Gasteiger charge is -2.15. The number of rotatable bonds is 0. The largest absolute Gasteiger partial charge is 0.505 e. The maximum Gasteiger partial charge on any atom is 0.151 e. The molecule has 0 saturated carbocycles. The summed E-state index contributed by atoms with van der Waals surface area (Å²) in [6.07, 6.45) is 0. The molecule has 10 rings (SSSR count). The summed E-state index contributed by atoms with van der Waals surface area (Å²) < 4.78 is 6.35. The van der Waals surface area contributed by atoms with Gasteiger partial charge in [0.25, 0.3) is 0 Å². The van der Waals surface area contributed by atoms with Crippen molar-refractivity contribution in [2.45, 2.75) is 25.7 Å². The zero-order chi connectivity index (χ0) is 33.4. The van der Waals surface area contributed by atoms with Gasteiger partial charge in [-0.2, -0.15) is 0 Å². The second-order valence-electron chi connectivity index (χ2n) is 10.1. The number of aromatic hydroxyl groups is 4. The standard InChI is InChI=1S/C28H20O4S16/c1-11-13-3-17-25(29)18(4-13)34-42-46-38-22-8-15(7-21(27(22)31)37-45-41-33-17)12(2)16-9-23-28(32)24(10-16)40-48-44-36-20-6-14(11)5-19(26(20)30)35-43-47-39-23/h3-12,29-32H,1-2H3. The Hall–Kier alpha value is -0.400. The third-order valence-corrected chi connectivity index (χ3v) is 31.6. The Balaban J connectivity index is 1.67. The van der Waals surface area contributed by atoms with Gasteiger partial charge in [-0.15, -0.1) is 0 Å². The number of hydrogen-bond donors (Lipinski definition) is 4. The summed E-state index contributed by atoms with van der Waals surface area (Å²) in [5.41, 5.74) is 4.32. The Morgan fingerprint density at radius 3 is 0.604 bits per heavy atom. The SMILES string of the molecule is CC1c2cc3ssssc4cc(cc(ssssc(c2)c3O)c4O)C(C)c2cc3ssssc4cc1cc(ssssc(c2)c3O)c4O. The van der Waals surface area contributed by atoms with Crippen molar-refractivity contribution in [3.05, 3.63) is 70.8 Å². The smallest absolute Gasteiger partial charge is 0.151 e. The molecule has 0 atom stereocenters. The zero-order valence-electron chi connectivity index (χ0n) is 24.1. The molecular formula is C28H20O4S16. The molecule has 12 bridgehead atoms. The predicted octanol–water partition coefficient (Wildman–Crippen LogP) is 16.6. The summed E-state index contributed by atoms with van der Waals surface area (Å²) in [5, 5.41) is 45.4. The molecule has 0 fully saturated rings. The van der Waals surface area contributed by atoms with Gasteiger partial charge >= 0.3 is 0 Å². The minimum absolute atomic E-state index is 0.00956. The fraction of sp³-hybridized carbons (Fsp3) is 0.143.